The molecule has 2 aromatic rings. The number of hydrogen-bond acceptors (Lipinski definition) is 6. The molecule has 2 aliphatic rings. The number of carbonyl (C=O) groups excluding carboxylic acids is 1. The van der Waals surface area contributed by atoms with Crippen molar-refractivity contribution in [3.05, 3.63) is 35.5 Å². The Morgan fingerprint density at radius 2 is 2.10 bits per heavy atom. The lowest BCUT2D eigenvalue weighted by Crippen LogP contribution is -2.45. The third-order valence-electron chi connectivity index (χ3n) is 6.02. The number of anilines is 1. The number of nitrogens with zero attached hydrogens (tertiary/aromatic N) is 3. The molecule has 1 aromatic heterocycles. The molecule has 0 spiro atoms. The van der Waals surface area contributed by atoms with Gasteiger partial charge in [-0.3, -0.25) is 9.88 Å². The van der Waals surface area contributed by atoms with Crippen molar-refractivity contribution in [1.82, 2.24) is 9.88 Å². The number of aromatic nitrogens is 1. The van der Waals surface area contributed by atoms with Crippen LogP contribution in [0.3, 0.4) is 0 Å². The van der Waals surface area contributed by atoms with Crippen LogP contribution >= 0.6 is 0 Å². The molecule has 1 aromatic carbocycles. The second-order valence-electron chi connectivity index (χ2n) is 8.08. The van der Waals surface area contributed by atoms with E-state index in [1.165, 1.54) is 6.42 Å². The number of hydrogen-bond donors (Lipinski definition) is 0. The van der Waals surface area contributed by atoms with E-state index in [-0.39, 0.29) is 5.97 Å². The largest absolute Gasteiger partial charge is 0.462 e. The van der Waals surface area contributed by atoms with Crippen molar-refractivity contribution in [2.24, 2.45) is 5.92 Å². The van der Waals surface area contributed by atoms with Crippen molar-refractivity contribution in [3.63, 3.8) is 0 Å². The van der Waals surface area contributed by atoms with Gasteiger partial charge in [-0.1, -0.05) is 18.2 Å². The number of benzene rings is 1. The van der Waals surface area contributed by atoms with Gasteiger partial charge in [0.2, 0.25) is 0 Å². The first-order chi connectivity index (χ1) is 14.2. The molecular formula is C23H31N3O3. The van der Waals surface area contributed by atoms with Gasteiger partial charge >= 0.3 is 5.97 Å². The van der Waals surface area contributed by atoms with Crippen LogP contribution in [0.2, 0.25) is 0 Å². The maximum absolute atomic E-state index is 12.7. The standard InChI is InChI=1S/C23H31N3O3/c1-3-29-23(27)20-14-24-21-17(2)6-4-8-19(21)22(20)26-9-5-7-18(16-26)15-25-10-12-28-13-11-25/h4,6,8,14,18H,3,5,7,9-13,15-16H2,1-2H3. The van der Waals surface area contributed by atoms with Crippen LogP contribution in [0.15, 0.2) is 24.4 Å². The molecule has 4 rings (SSSR count). The summed E-state index contributed by atoms with van der Waals surface area (Å²) >= 11 is 0. The van der Waals surface area contributed by atoms with Gasteiger partial charge in [-0.25, -0.2) is 4.79 Å². The molecule has 0 aliphatic carbocycles. The average molecular weight is 398 g/mol. The number of rotatable bonds is 5. The Morgan fingerprint density at radius 1 is 1.28 bits per heavy atom. The number of piperidine rings is 1. The van der Waals surface area contributed by atoms with Gasteiger partial charge < -0.3 is 14.4 Å². The van der Waals surface area contributed by atoms with Crippen molar-refractivity contribution in [3.8, 4) is 0 Å². The summed E-state index contributed by atoms with van der Waals surface area (Å²) in [6, 6.07) is 6.20. The molecular weight excluding hydrogens is 366 g/mol. The van der Waals surface area contributed by atoms with Gasteiger partial charge in [-0.05, 0) is 38.2 Å². The number of ether oxygens (including phenoxy) is 2. The fourth-order valence-corrected chi connectivity index (χ4v) is 4.62. The van der Waals surface area contributed by atoms with Crippen molar-refractivity contribution >= 4 is 22.6 Å². The molecule has 2 saturated heterocycles. The summed E-state index contributed by atoms with van der Waals surface area (Å²) in [6.07, 6.45) is 4.06. The molecule has 29 heavy (non-hydrogen) atoms. The topological polar surface area (TPSA) is 54.9 Å². The molecule has 6 nitrogen and oxygen atoms in total. The van der Waals surface area contributed by atoms with Gasteiger partial charge in [0.05, 0.1) is 31.0 Å². The Labute approximate surface area is 172 Å². The first-order valence-corrected chi connectivity index (χ1v) is 10.8. The maximum atomic E-state index is 12.7. The Kier molecular flexibility index (Phi) is 6.31. The molecule has 2 fully saturated rings. The third kappa shape index (κ3) is 4.38. The molecule has 1 atom stereocenters. The van der Waals surface area contributed by atoms with Gasteiger partial charge in [0.15, 0.2) is 0 Å². The zero-order chi connectivity index (χ0) is 20.2. The van der Waals surface area contributed by atoms with Gasteiger partial charge in [-0.15, -0.1) is 0 Å². The minimum Gasteiger partial charge on any atom is -0.462 e. The number of esters is 1. The molecule has 0 N–H and O–H groups in total. The highest BCUT2D eigenvalue weighted by atomic mass is 16.5. The van der Waals surface area contributed by atoms with Crippen LogP contribution in [0.4, 0.5) is 5.69 Å². The first kappa shape index (κ1) is 20.1. The molecule has 156 valence electrons. The van der Waals surface area contributed by atoms with E-state index >= 15 is 0 Å². The number of para-hydroxylation sites is 1. The molecule has 1 unspecified atom stereocenters. The second kappa shape index (κ2) is 9.09. The Balaban J connectivity index is 1.66. The van der Waals surface area contributed by atoms with Crippen molar-refractivity contribution < 1.29 is 14.3 Å². The van der Waals surface area contributed by atoms with Crippen LogP contribution < -0.4 is 4.90 Å². The zero-order valence-electron chi connectivity index (χ0n) is 17.5. The number of aryl methyl sites for hydroxylation is 1. The summed E-state index contributed by atoms with van der Waals surface area (Å²) < 4.78 is 10.9. The highest BCUT2D eigenvalue weighted by molar-refractivity contribution is 6.05. The summed E-state index contributed by atoms with van der Waals surface area (Å²) in [7, 11) is 0. The van der Waals surface area contributed by atoms with Crippen LogP contribution in [0.5, 0.6) is 0 Å². The molecule has 0 amide bonds. The Hall–Kier alpha value is -2.18. The lowest BCUT2D eigenvalue weighted by atomic mass is 9.95. The van der Waals surface area contributed by atoms with Gasteiger partial charge in [0.1, 0.15) is 5.56 Å². The zero-order valence-corrected chi connectivity index (χ0v) is 17.5. The van der Waals surface area contributed by atoms with E-state index in [9.17, 15) is 4.79 Å². The van der Waals surface area contributed by atoms with Gasteiger partial charge in [-0.2, -0.15) is 0 Å². The van der Waals surface area contributed by atoms with E-state index in [2.05, 4.69) is 33.8 Å². The number of morpholine rings is 1. The van der Waals surface area contributed by atoms with Gasteiger partial charge in [0.25, 0.3) is 0 Å². The minimum absolute atomic E-state index is 0.284. The molecule has 0 radical (unpaired) electrons. The van der Waals surface area contributed by atoms with E-state index in [1.807, 2.05) is 13.0 Å². The Morgan fingerprint density at radius 3 is 2.90 bits per heavy atom. The number of pyridine rings is 1. The highest BCUT2D eigenvalue weighted by Crippen LogP contribution is 2.34. The summed E-state index contributed by atoms with van der Waals surface area (Å²) in [6.45, 7) is 11.0. The maximum Gasteiger partial charge on any atom is 0.341 e. The highest BCUT2D eigenvalue weighted by Gasteiger charge is 2.28. The van der Waals surface area contributed by atoms with E-state index < -0.39 is 0 Å². The lowest BCUT2D eigenvalue weighted by Gasteiger charge is -2.38. The fourth-order valence-electron chi connectivity index (χ4n) is 4.62. The summed E-state index contributed by atoms with van der Waals surface area (Å²) in [4.78, 5) is 22.2. The van der Waals surface area contributed by atoms with Crippen LogP contribution in [-0.2, 0) is 9.47 Å². The lowest BCUT2D eigenvalue weighted by molar-refractivity contribution is 0.0296. The average Bonchev–Trinajstić information content (AvgIpc) is 2.74. The SMILES string of the molecule is CCOC(=O)c1cnc2c(C)cccc2c1N1CCCC(CN2CCOCC2)C1. The van der Waals surface area contributed by atoms with E-state index in [4.69, 9.17) is 9.47 Å². The quantitative estimate of drug-likeness (QED) is 0.722. The van der Waals surface area contributed by atoms with Crippen LogP contribution in [0.1, 0.15) is 35.7 Å². The molecule has 3 heterocycles. The van der Waals surface area contributed by atoms with E-state index in [1.54, 1.807) is 6.20 Å². The molecule has 0 bridgehead atoms. The predicted molar refractivity (Wildman–Crippen MR) is 115 cm³/mol. The van der Waals surface area contributed by atoms with E-state index in [0.29, 0.717) is 18.1 Å². The van der Waals surface area contributed by atoms with Crippen molar-refractivity contribution in [2.45, 2.75) is 26.7 Å². The smallest absolute Gasteiger partial charge is 0.341 e. The summed E-state index contributed by atoms with van der Waals surface area (Å²) in [5.74, 6) is 0.304. The fraction of sp³-hybridized carbons (Fsp3) is 0.565. The van der Waals surface area contributed by atoms with Crippen molar-refractivity contribution in [1.29, 1.82) is 0 Å². The molecule has 6 heteroatoms. The monoisotopic (exact) mass is 397 g/mol. The summed E-state index contributed by atoms with van der Waals surface area (Å²) in [5, 5.41) is 1.04. The predicted octanol–water partition coefficient (Wildman–Crippen LogP) is 3.27. The molecule has 0 saturated carbocycles. The summed E-state index contributed by atoms with van der Waals surface area (Å²) in [5.41, 5.74) is 3.66. The second-order valence-corrected chi connectivity index (χ2v) is 8.08. The van der Waals surface area contributed by atoms with E-state index in [0.717, 1.165) is 74.5 Å². The number of carbonyl (C=O) groups is 1. The minimum atomic E-state index is -0.284. The molecule has 2 aliphatic heterocycles. The van der Waals surface area contributed by atoms with Crippen LogP contribution in [-0.4, -0.2) is 68.4 Å². The van der Waals surface area contributed by atoms with Crippen LogP contribution in [0, 0.1) is 12.8 Å². The van der Waals surface area contributed by atoms with Gasteiger partial charge in [0, 0.05) is 44.3 Å². The normalized spacial score (nSPS) is 20.8. The van der Waals surface area contributed by atoms with Crippen LogP contribution in [0.25, 0.3) is 10.9 Å². The van der Waals surface area contributed by atoms with Crippen molar-refractivity contribution in [2.75, 3.05) is 57.4 Å². The third-order valence-corrected chi connectivity index (χ3v) is 6.02. The first-order valence-electron chi connectivity index (χ1n) is 10.8. The Bertz CT molecular complexity index is 864. The number of fused-ring (bicyclic) bond motifs is 1.